The summed E-state index contributed by atoms with van der Waals surface area (Å²) in [4.78, 5) is 0. The van der Waals surface area contributed by atoms with Crippen LogP contribution in [-0.2, 0) is 24.4 Å². The molecule has 155 valence electrons. The number of allylic oxidation sites excluding steroid dienone is 4. The minimum Gasteiger partial charge on any atom is -1.00 e. The normalized spacial score (nSPS) is 14.5. The van der Waals surface area contributed by atoms with Crippen molar-refractivity contribution in [1.82, 2.24) is 0 Å². The van der Waals surface area contributed by atoms with Crippen LogP contribution in [0.1, 0.15) is 59.1 Å². The third kappa shape index (κ3) is 4.23. The fourth-order valence-corrected chi connectivity index (χ4v) is 6.98. The van der Waals surface area contributed by atoms with Crippen molar-refractivity contribution in [2.75, 3.05) is 0 Å². The van der Waals surface area contributed by atoms with Gasteiger partial charge in [-0.15, -0.1) is 0 Å². The monoisotopic (exact) mass is 603 g/mol. The van der Waals surface area contributed by atoms with Crippen LogP contribution in [0.5, 0.6) is 0 Å². The predicted octanol–water partition coefficient (Wildman–Crippen LogP) is -0.416. The molecule has 0 aromatic heterocycles. The van der Waals surface area contributed by atoms with E-state index in [4.69, 9.17) is 0 Å². The van der Waals surface area contributed by atoms with E-state index < -0.39 is 0 Å². The second-order valence-electron chi connectivity index (χ2n) is 10.0. The zero-order valence-electron chi connectivity index (χ0n) is 18.7. The SMILES string of the molecule is CC(C)(C)C(=c1ccc2c(c1C1=CC=CC1)[C]([Hf+2])=c1ccccc1=2)C(C)(C)C.[Cl-].[Cl-]. The molecule has 2 aliphatic rings. The van der Waals surface area contributed by atoms with E-state index in [1.165, 1.54) is 37.6 Å². The summed E-state index contributed by atoms with van der Waals surface area (Å²) in [5.41, 5.74) is 6.25. The molecular formula is C27H29Cl2Hf. The second-order valence-corrected chi connectivity index (χ2v) is 11.8. The Hall–Kier alpha value is -0.890. The predicted molar refractivity (Wildman–Crippen MR) is 116 cm³/mol. The molecule has 0 bridgehead atoms. The first-order valence-electron chi connectivity index (χ1n) is 10.2. The van der Waals surface area contributed by atoms with Crippen LogP contribution in [-0.4, -0.2) is 0 Å². The Morgan fingerprint density at radius 3 is 1.90 bits per heavy atom. The van der Waals surface area contributed by atoms with Crippen molar-refractivity contribution in [3.63, 3.8) is 0 Å². The van der Waals surface area contributed by atoms with Gasteiger partial charge in [0.1, 0.15) is 0 Å². The molecule has 0 nitrogen and oxygen atoms in total. The molecule has 2 aromatic carbocycles. The minimum atomic E-state index is 0. The molecule has 0 spiro atoms. The summed E-state index contributed by atoms with van der Waals surface area (Å²) in [5, 5.41) is 5.74. The zero-order valence-corrected chi connectivity index (χ0v) is 23.8. The molecule has 0 saturated heterocycles. The maximum Gasteiger partial charge on any atom is -1.00 e. The fraction of sp³-hybridized carbons (Fsp3) is 0.333. The van der Waals surface area contributed by atoms with Crippen LogP contribution >= 0.6 is 0 Å². The van der Waals surface area contributed by atoms with Gasteiger partial charge in [-0.3, -0.25) is 0 Å². The molecule has 0 atom stereocenters. The summed E-state index contributed by atoms with van der Waals surface area (Å²) < 4.78 is 1.55. The van der Waals surface area contributed by atoms with E-state index in [0.29, 0.717) is 0 Å². The van der Waals surface area contributed by atoms with Crippen molar-refractivity contribution in [1.29, 1.82) is 0 Å². The van der Waals surface area contributed by atoms with E-state index in [-0.39, 0.29) is 35.6 Å². The van der Waals surface area contributed by atoms with Gasteiger partial charge in [-0.25, -0.2) is 0 Å². The summed E-state index contributed by atoms with van der Waals surface area (Å²) in [5.74, 6) is 0. The van der Waals surface area contributed by atoms with Gasteiger partial charge in [0.05, 0.1) is 0 Å². The van der Waals surface area contributed by atoms with Gasteiger partial charge in [0, 0.05) is 0 Å². The summed E-state index contributed by atoms with van der Waals surface area (Å²) in [6, 6.07) is 13.8. The van der Waals surface area contributed by atoms with Crippen LogP contribution in [0.4, 0.5) is 0 Å². The number of hydrogen-bond donors (Lipinski definition) is 0. The van der Waals surface area contributed by atoms with Crippen LogP contribution in [0.3, 0.4) is 0 Å². The maximum atomic E-state index is 2.41. The van der Waals surface area contributed by atoms with Crippen LogP contribution in [0.25, 0.3) is 14.5 Å². The molecular weight excluding hydrogens is 574 g/mol. The Bertz CT molecular complexity index is 1230. The van der Waals surface area contributed by atoms with Gasteiger partial charge in [-0.1, -0.05) is 0 Å². The molecule has 0 fully saturated rings. The molecule has 0 saturated carbocycles. The maximum absolute atomic E-state index is 2.41. The number of fused-ring (bicyclic) bond motifs is 2. The molecule has 0 radical (unpaired) electrons. The Labute approximate surface area is 208 Å². The van der Waals surface area contributed by atoms with E-state index in [9.17, 15) is 0 Å². The van der Waals surface area contributed by atoms with Crippen molar-refractivity contribution in [3.8, 4) is 0 Å². The van der Waals surface area contributed by atoms with E-state index in [1.807, 2.05) is 0 Å². The molecule has 30 heavy (non-hydrogen) atoms. The average Bonchev–Trinajstić information content (AvgIpc) is 3.21. The van der Waals surface area contributed by atoms with Gasteiger partial charge in [-0.2, -0.15) is 0 Å². The van der Waals surface area contributed by atoms with Gasteiger partial charge >= 0.3 is 184 Å². The van der Waals surface area contributed by atoms with Gasteiger partial charge in [0.25, 0.3) is 0 Å². The molecule has 4 rings (SSSR count). The van der Waals surface area contributed by atoms with Crippen molar-refractivity contribution in [2.24, 2.45) is 10.8 Å². The smallest absolute Gasteiger partial charge is 1.00 e. The molecule has 0 heterocycles. The van der Waals surface area contributed by atoms with Crippen molar-refractivity contribution >= 4 is 14.5 Å². The Morgan fingerprint density at radius 2 is 1.37 bits per heavy atom. The molecule has 2 aromatic rings. The van der Waals surface area contributed by atoms with Crippen molar-refractivity contribution in [2.45, 2.75) is 48.0 Å². The number of hydrogen-bond acceptors (Lipinski definition) is 0. The summed E-state index contributed by atoms with van der Waals surface area (Å²) in [6.07, 6.45) is 7.89. The van der Waals surface area contributed by atoms with Crippen LogP contribution in [0.2, 0.25) is 0 Å². The van der Waals surface area contributed by atoms with E-state index in [2.05, 4.69) is 96.2 Å². The van der Waals surface area contributed by atoms with E-state index in [0.717, 1.165) is 30.8 Å². The van der Waals surface area contributed by atoms with Gasteiger partial charge in [0.2, 0.25) is 0 Å². The largest absolute Gasteiger partial charge is 1.00 e. The van der Waals surface area contributed by atoms with Gasteiger partial charge in [-0.05, 0) is 0 Å². The molecule has 0 amide bonds. The first kappa shape index (κ1) is 25.4. The second kappa shape index (κ2) is 8.93. The molecule has 0 N–H and O–H groups in total. The van der Waals surface area contributed by atoms with Crippen LogP contribution < -0.4 is 35.3 Å². The van der Waals surface area contributed by atoms with E-state index >= 15 is 0 Å². The molecule has 2 aliphatic carbocycles. The Kier molecular flexibility index (Phi) is 7.55. The first-order valence-corrected chi connectivity index (χ1v) is 12.0. The van der Waals surface area contributed by atoms with Crippen LogP contribution in [0.15, 0.2) is 54.6 Å². The number of benzene rings is 2. The average molecular weight is 603 g/mol. The molecule has 0 aliphatic heterocycles. The van der Waals surface area contributed by atoms with E-state index in [1.54, 1.807) is 8.90 Å². The van der Waals surface area contributed by atoms with Gasteiger partial charge < -0.3 is 24.8 Å². The quantitative estimate of drug-likeness (QED) is 0.390. The summed E-state index contributed by atoms with van der Waals surface area (Å²) >= 11 is 1.06. The third-order valence-electron chi connectivity index (χ3n) is 5.80. The summed E-state index contributed by atoms with van der Waals surface area (Å²) in [6.45, 7) is 14.2. The summed E-state index contributed by atoms with van der Waals surface area (Å²) in [7, 11) is 0. The topological polar surface area (TPSA) is 0 Å². The van der Waals surface area contributed by atoms with Gasteiger partial charge in [0.15, 0.2) is 0 Å². The Morgan fingerprint density at radius 1 is 0.767 bits per heavy atom. The zero-order chi connectivity index (χ0) is 20.3. The fourth-order valence-electron chi connectivity index (χ4n) is 5.26. The Balaban J connectivity index is 0.00000160. The number of rotatable bonds is 1. The molecule has 0 unspecified atom stereocenters. The minimum absolute atomic E-state index is 0. The first-order chi connectivity index (χ1) is 13.1. The number of halogens is 2. The van der Waals surface area contributed by atoms with Crippen molar-refractivity contribution in [3.05, 3.63) is 86.6 Å². The van der Waals surface area contributed by atoms with Crippen molar-refractivity contribution < 1.29 is 49.2 Å². The standard InChI is InChI=1S/C27H29.2ClH.Hf/c1-26(2,3)25(27(4,5)6)22-16-15-21-20-14-10-9-13-19(20)17-23(21)24(22)18-11-7-8-12-18;;;/h7-11,13-16H,12H2,1-6H3;2*1H;/q;;;+2/p-2. The molecule has 3 heteroatoms. The van der Waals surface area contributed by atoms with Crippen LogP contribution in [0, 0.1) is 21.3 Å². The third-order valence-corrected chi connectivity index (χ3v) is 7.67.